The summed E-state index contributed by atoms with van der Waals surface area (Å²) in [6.07, 6.45) is 2.30. The lowest BCUT2D eigenvalue weighted by molar-refractivity contribution is -0.132. The van der Waals surface area contributed by atoms with E-state index in [2.05, 4.69) is 41.2 Å². The molecule has 0 radical (unpaired) electrons. The van der Waals surface area contributed by atoms with Crippen molar-refractivity contribution in [1.82, 2.24) is 25.1 Å². The largest absolute Gasteiger partial charge is 0.337 e. The zero-order valence-electron chi connectivity index (χ0n) is 14.9. The van der Waals surface area contributed by atoms with Gasteiger partial charge in [0.25, 0.3) is 0 Å². The minimum absolute atomic E-state index is 0.215. The van der Waals surface area contributed by atoms with Crippen LogP contribution in [0.4, 0.5) is 0 Å². The average molecular weight is 337 g/mol. The summed E-state index contributed by atoms with van der Waals surface area (Å²) in [7, 11) is 0. The van der Waals surface area contributed by atoms with Gasteiger partial charge in [0.05, 0.1) is 23.3 Å². The number of hydrogen-bond donors (Lipinski definition) is 2. The maximum atomic E-state index is 12.1. The number of carbonyl (C=O) groups excluding carboxylic acids is 1. The Kier molecular flexibility index (Phi) is 3.82. The molecular formula is C19H23N5O. The summed E-state index contributed by atoms with van der Waals surface area (Å²) in [5.41, 5.74) is 7.58. The Bertz CT molecular complexity index is 913. The Balaban J connectivity index is 1.67. The highest BCUT2D eigenvalue weighted by Gasteiger charge is 2.26. The van der Waals surface area contributed by atoms with Crippen LogP contribution in [0.15, 0.2) is 12.1 Å². The molecule has 6 heteroatoms. The highest BCUT2D eigenvalue weighted by Crippen LogP contribution is 2.29. The predicted octanol–water partition coefficient (Wildman–Crippen LogP) is 3.25. The second kappa shape index (κ2) is 6.02. The fourth-order valence-electron chi connectivity index (χ4n) is 3.48. The van der Waals surface area contributed by atoms with Gasteiger partial charge in [-0.1, -0.05) is 6.92 Å². The number of H-pyrrole nitrogens is 2. The molecule has 0 saturated carbocycles. The normalized spacial score (nSPS) is 14.1. The Labute approximate surface area is 146 Å². The number of nitrogens with zero attached hydrogens (tertiary/aromatic N) is 3. The lowest BCUT2D eigenvalue weighted by atomic mass is 10.0. The number of carbonyl (C=O) groups is 1. The second-order valence-corrected chi connectivity index (χ2v) is 6.88. The van der Waals surface area contributed by atoms with Gasteiger partial charge in [0.15, 0.2) is 5.82 Å². The highest BCUT2D eigenvalue weighted by atomic mass is 16.2. The molecule has 0 aliphatic carbocycles. The number of hydrogen-bond acceptors (Lipinski definition) is 3. The van der Waals surface area contributed by atoms with Gasteiger partial charge in [0.2, 0.25) is 5.91 Å². The zero-order valence-corrected chi connectivity index (χ0v) is 14.9. The van der Waals surface area contributed by atoms with E-state index in [0.29, 0.717) is 13.0 Å². The molecule has 1 amide bonds. The van der Waals surface area contributed by atoms with E-state index >= 15 is 0 Å². The number of nitrogens with one attached hydrogen (secondary N) is 2. The number of aromatic nitrogens is 4. The van der Waals surface area contributed by atoms with E-state index in [1.54, 1.807) is 0 Å². The topological polar surface area (TPSA) is 77.7 Å². The molecule has 0 fully saturated rings. The molecule has 3 heterocycles. The molecule has 0 saturated heterocycles. The van der Waals surface area contributed by atoms with E-state index in [0.717, 1.165) is 47.6 Å². The molecule has 25 heavy (non-hydrogen) atoms. The van der Waals surface area contributed by atoms with Crippen LogP contribution in [0.1, 0.15) is 42.1 Å². The Morgan fingerprint density at radius 1 is 1.28 bits per heavy atom. The second-order valence-electron chi connectivity index (χ2n) is 6.88. The van der Waals surface area contributed by atoms with Crippen molar-refractivity contribution < 1.29 is 4.79 Å². The van der Waals surface area contributed by atoms with Crippen LogP contribution in [0.2, 0.25) is 0 Å². The molecule has 4 rings (SSSR count). The first kappa shape index (κ1) is 15.9. The first-order valence-corrected chi connectivity index (χ1v) is 8.88. The SMILES string of the molecule is CCCC(=O)N1CCc2c(n[nH]c2-c2nc3cc(C)c(C)cc3[nH]2)C1. The number of rotatable bonds is 3. The van der Waals surface area contributed by atoms with Crippen molar-refractivity contribution in [3.8, 4) is 11.5 Å². The van der Waals surface area contributed by atoms with E-state index in [4.69, 9.17) is 4.98 Å². The van der Waals surface area contributed by atoms with Crippen molar-refractivity contribution >= 4 is 16.9 Å². The van der Waals surface area contributed by atoms with E-state index in [1.165, 1.54) is 16.7 Å². The van der Waals surface area contributed by atoms with Crippen LogP contribution >= 0.6 is 0 Å². The molecule has 2 aromatic heterocycles. The van der Waals surface area contributed by atoms with E-state index in [9.17, 15) is 4.79 Å². The van der Waals surface area contributed by atoms with Gasteiger partial charge in [0, 0.05) is 18.5 Å². The number of amides is 1. The molecule has 130 valence electrons. The summed E-state index contributed by atoms with van der Waals surface area (Å²) >= 11 is 0. The van der Waals surface area contributed by atoms with E-state index < -0.39 is 0 Å². The zero-order chi connectivity index (χ0) is 17.6. The summed E-state index contributed by atoms with van der Waals surface area (Å²) in [6, 6.07) is 4.24. The Morgan fingerprint density at radius 3 is 2.88 bits per heavy atom. The van der Waals surface area contributed by atoms with Crippen LogP contribution in [-0.2, 0) is 17.8 Å². The monoisotopic (exact) mass is 337 g/mol. The molecule has 6 nitrogen and oxygen atoms in total. The van der Waals surface area contributed by atoms with Crippen molar-refractivity contribution in [2.45, 2.75) is 46.6 Å². The van der Waals surface area contributed by atoms with Crippen molar-refractivity contribution in [3.05, 3.63) is 34.5 Å². The van der Waals surface area contributed by atoms with E-state index in [-0.39, 0.29) is 5.91 Å². The summed E-state index contributed by atoms with van der Waals surface area (Å²) in [6.45, 7) is 7.57. The summed E-state index contributed by atoms with van der Waals surface area (Å²) in [5.74, 6) is 1.04. The van der Waals surface area contributed by atoms with Crippen LogP contribution in [0.3, 0.4) is 0 Å². The molecule has 0 bridgehead atoms. The first-order chi connectivity index (χ1) is 12.1. The maximum Gasteiger partial charge on any atom is 0.222 e. The average Bonchev–Trinajstić information content (AvgIpc) is 3.18. The van der Waals surface area contributed by atoms with Gasteiger partial charge in [0.1, 0.15) is 5.69 Å². The number of aromatic amines is 2. The molecule has 0 unspecified atom stereocenters. The third-order valence-electron chi connectivity index (χ3n) is 5.08. The van der Waals surface area contributed by atoms with Crippen molar-refractivity contribution in [1.29, 1.82) is 0 Å². The van der Waals surface area contributed by atoms with Gasteiger partial charge in [-0.25, -0.2) is 4.98 Å². The first-order valence-electron chi connectivity index (χ1n) is 8.88. The predicted molar refractivity (Wildman–Crippen MR) is 97.2 cm³/mol. The number of fused-ring (bicyclic) bond motifs is 2. The van der Waals surface area contributed by atoms with Crippen molar-refractivity contribution in [2.75, 3.05) is 6.54 Å². The maximum absolute atomic E-state index is 12.1. The lowest BCUT2D eigenvalue weighted by Gasteiger charge is -2.26. The Morgan fingerprint density at radius 2 is 2.08 bits per heavy atom. The molecule has 0 atom stereocenters. The number of imidazole rings is 1. The fourth-order valence-corrected chi connectivity index (χ4v) is 3.48. The Hall–Kier alpha value is -2.63. The van der Waals surface area contributed by atoms with Crippen molar-refractivity contribution in [3.63, 3.8) is 0 Å². The van der Waals surface area contributed by atoms with Gasteiger partial charge >= 0.3 is 0 Å². The van der Waals surface area contributed by atoms with Crippen LogP contribution in [0.25, 0.3) is 22.6 Å². The van der Waals surface area contributed by atoms with Crippen LogP contribution in [0.5, 0.6) is 0 Å². The highest BCUT2D eigenvalue weighted by molar-refractivity contribution is 5.81. The quantitative estimate of drug-likeness (QED) is 0.770. The van der Waals surface area contributed by atoms with Crippen LogP contribution < -0.4 is 0 Å². The summed E-state index contributed by atoms with van der Waals surface area (Å²) < 4.78 is 0. The van der Waals surface area contributed by atoms with Crippen molar-refractivity contribution in [2.24, 2.45) is 0 Å². The third-order valence-corrected chi connectivity index (χ3v) is 5.08. The molecule has 1 aromatic carbocycles. The third kappa shape index (κ3) is 2.71. The minimum atomic E-state index is 0.215. The molecule has 0 spiro atoms. The van der Waals surface area contributed by atoms with Crippen LogP contribution in [0, 0.1) is 13.8 Å². The number of aryl methyl sites for hydroxylation is 2. The molecule has 1 aliphatic heterocycles. The summed E-state index contributed by atoms with van der Waals surface area (Å²) in [5, 5.41) is 7.58. The standard InChI is InChI=1S/C19H23N5O/c1-4-5-17(25)24-7-6-13-16(10-24)22-23-18(13)19-20-14-8-11(2)12(3)9-15(14)21-19/h8-9H,4-7,10H2,1-3H3,(H,20,21)(H,22,23). The fraction of sp³-hybridized carbons (Fsp3) is 0.421. The molecule has 2 N–H and O–H groups in total. The molecular weight excluding hydrogens is 314 g/mol. The number of benzene rings is 1. The molecule has 3 aromatic rings. The summed E-state index contributed by atoms with van der Waals surface area (Å²) in [4.78, 5) is 22.2. The van der Waals surface area contributed by atoms with E-state index in [1.807, 2.05) is 11.8 Å². The van der Waals surface area contributed by atoms with Gasteiger partial charge in [-0.2, -0.15) is 5.10 Å². The smallest absolute Gasteiger partial charge is 0.222 e. The van der Waals surface area contributed by atoms with Crippen LogP contribution in [-0.4, -0.2) is 37.5 Å². The minimum Gasteiger partial charge on any atom is -0.337 e. The van der Waals surface area contributed by atoms with Gasteiger partial charge in [-0.05, 0) is 49.9 Å². The van der Waals surface area contributed by atoms with Gasteiger partial charge in [-0.3, -0.25) is 9.89 Å². The van der Waals surface area contributed by atoms with Gasteiger partial charge in [-0.15, -0.1) is 0 Å². The molecule has 1 aliphatic rings. The lowest BCUT2D eigenvalue weighted by Crippen LogP contribution is -2.35. The van der Waals surface area contributed by atoms with Gasteiger partial charge < -0.3 is 9.88 Å².